The van der Waals surface area contributed by atoms with Gasteiger partial charge in [-0.3, -0.25) is 9.71 Å². The van der Waals surface area contributed by atoms with E-state index in [-0.39, 0.29) is 10.8 Å². The molecule has 0 amide bonds. The number of sulfonamides is 1. The van der Waals surface area contributed by atoms with Gasteiger partial charge in [0.05, 0.1) is 23.4 Å². The highest BCUT2D eigenvalue weighted by Gasteiger charge is 2.18. The van der Waals surface area contributed by atoms with Crippen molar-refractivity contribution < 1.29 is 13.5 Å². The molecule has 0 spiro atoms. The van der Waals surface area contributed by atoms with Crippen LogP contribution in [-0.4, -0.2) is 49.5 Å². The summed E-state index contributed by atoms with van der Waals surface area (Å²) < 4.78 is 26.7. The van der Waals surface area contributed by atoms with Gasteiger partial charge >= 0.3 is 0 Å². The van der Waals surface area contributed by atoms with Crippen molar-refractivity contribution in [2.45, 2.75) is 11.0 Å². The fourth-order valence-corrected chi connectivity index (χ4v) is 3.75. The lowest BCUT2D eigenvalue weighted by Crippen LogP contribution is -2.27. The van der Waals surface area contributed by atoms with Gasteiger partial charge in [-0.1, -0.05) is 11.8 Å². The molecule has 1 heterocycles. The van der Waals surface area contributed by atoms with Crippen LogP contribution < -0.4 is 10.0 Å². The van der Waals surface area contributed by atoms with E-state index in [4.69, 9.17) is 11.6 Å². The molecule has 0 fully saturated rings. The summed E-state index contributed by atoms with van der Waals surface area (Å²) in [5, 5.41) is 12.7. The molecule has 1 aromatic rings. The zero-order valence-corrected chi connectivity index (χ0v) is 13.5. The van der Waals surface area contributed by atoms with Gasteiger partial charge in [-0.2, -0.15) is 0 Å². The average molecular weight is 350 g/mol. The van der Waals surface area contributed by atoms with Crippen molar-refractivity contribution in [3.8, 4) is 0 Å². The molecule has 116 valence electrons. The Bertz CT molecular complexity index is 605. The number of halogens is 1. The van der Waals surface area contributed by atoms with Crippen LogP contribution in [0.15, 0.2) is 34.2 Å². The van der Waals surface area contributed by atoms with E-state index in [2.05, 4.69) is 15.0 Å². The highest BCUT2D eigenvalue weighted by molar-refractivity contribution is 8.15. The molecule has 0 bridgehead atoms. The molecule has 1 unspecified atom stereocenters. The molecule has 0 saturated carbocycles. The van der Waals surface area contributed by atoms with Gasteiger partial charge < -0.3 is 10.4 Å². The lowest BCUT2D eigenvalue weighted by atomic mass is 10.3. The van der Waals surface area contributed by atoms with Crippen molar-refractivity contribution in [1.82, 2.24) is 4.72 Å². The number of anilines is 1. The minimum absolute atomic E-state index is 0.142. The molecule has 0 saturated heterocycles. The van der Waals surface area contributed by atoms with Crippen LogP contribution in [0.3, 0.4) is 0 Å². The third-order valence-corrected chi connectivity index (χ3v) is 5.42. The molecule has 0 radical (unpaired) electrons. The number of thioether (sulfide) groups is 1. The maximum atomic E-state index is 12.1. The van der Waals surface area contributed by atoms with Crippen LogP contribution in [0.1, 0.15) is 0 Å². The monoisotopic (exact) mass is 349 g/mol. The average Bonchev–Trinajstić information content (AvgIpc) is 2.97. The van der Waals surface area contributed by atoms with Crippen LogP contribution >= 0.6 is 23.4 Å². The maximum Gasteiger partial charge on any atom is 0.263 e. The number of nitrogens with one attached hydrogen (secondary N) is 2. The normalized spacial score (nSPS) is 16.4. The number of nitrogens with zero attached hydrogens (tertiary/aromatic N) is 1. The van der Waals surface area contributed by atoms with Gasteiger partial charge in [0.15, 0.2) is 5.17 Å². The lowest BCUT2D eigenvalue weighted by Gasteiger charge is -2.11. The third-order valence-electron chi connectivity index (χ3n) is 2.69. The Balaban J connectivity index is 2.00. The second-order valence-electron chi connectivity index (χ2n) is 4.35. The van der Waals surface area contributed by atoms with Gasteiger partial charge in [0.25, 0.3) is 10.0 Å². The first kappa shape index (κ1) is 16.4. The number of rotatable bonds is 6. The number of hydrogen-bond donors (Lipinski definition) is 3. The summed E-state index contributed by atoms with van der Waals surface area (Å²) in [6, 6.07) is 6.27. The first-order valence-electron chi connectivity index (χ1n) is 6.29. The number of aliphatic imine (C=N–C) groups is 1. The highest BCUT2D eigenvalue weighted by atomic mass is 35.5. The van der Waals surface area contributed by atoms with Gasteiger partial charge in [0, 0.05) is 18.0 Å². The minimum atomic E-state index is -3.60. The Morgan fingerprint density at radius 1 is 1.38 bits per heavy atom. The van der Waals surface area contributed by atoms with Gasteiger partial charge in [-0.25, -0.2) is 8.42 Å². The molecule has 21 heavy (non-hydrogen) atoms. The largest absolute Gasteiger partial charge is 0.390 e. The molecule has 2 rings (SSSR count). The Kier molecular flexibility index (Phi) is 5.74. The molecule has 6 nitrogen and oxygen atoms in total. The van der Waals surface area contributed by atoms with Gasteiger partial charge in [-0.05, 0) is 24.3 Å². The van der Waals surface area contributed by atoms with Crippen LogP contribution in [0.2, 0.25) is 0 Å². The minimum Gasteiger partial charge on any atom is -0.390 e. The van der Waals surface area contributed by atoms with Crippen molar-refractivity contribution in [3.05, 3.63) is 24.3 Å². The highest BCUT2D eigenvalue weighted by Crippen LogP contribution is 2.16. The summed E-state index contributed by atoms with van der Waals surface area (Å²) in [5.41, 5.74) is 0.714. The van der Waals surface area contributed by atoms with E-state index < -0.39 is 16.1 Å². The standard InChI is InChI=1S/C12H16ClN3O3S2/c13-7-10(17)8-15-9-1-3-11(4-2-9)21(18,19)16-12-14-5-6-20-12/h1-4,10,15,17H,5-8H2,(H,14,16). The number of benzene rings is 1. The number of aliphatic hydroxyl groups is 1. The Morgan fingerprint density at radius 2 is 2.10 bits per heavy atom. The second kappa shape index (κ2) is 7.35. The first-order valence-corrected chi connectivity index (χ1v) is 9.29. The van der Waals surface area contributed by atoms with E-state index in [1.165, 1.54) is 23.9 Å². The molecule has 1 aliphatic heterocycles. The van der Waals surface area contributed by atoms with E-state index in [1.54, 1.807) is 12.1 Å². The summed E-state index contributed by atoms with van der Waals surface area (Å²) in [4.78, 5) is 4.23. The fourth-order valence-electron chi connectivity index (χ4n) is 1.61. The fraction of sp³-hybridized carbons (Fsp3) is 0.417. The number of hydrogen-bond acceptors (Lipinski definition) is 6. The van der Waals surface area contributed by atoms with Crippen molar-refractivity contribution >= 4 is 44.2 Å². The SMILES string of the molecule is O=S(=O)(NC1=NCCS1)c1ccc(NCC(O)CCl)cc1. The van der Waals surface area contributed by atoms with Gasteiger partial charge in [0.2, 0.25) is 0 Å². The van der Waals surface area contributed by atoms with Crippen LogP contribution in [0.5, 0.6) is 0 Å². The molecule has 1 atom stereocenters. The van der Waals surface area contributed by atoms with Crippen LogP contribution in [0.4, 0.5) is 5.69 Å². The third kappa shape index (κ3) is 4.77. The van der Waals surface area contributed by atoms with E-state index in [0.29, 0.717) is 23.9 Å². The molecule has 0 aromatic heterocycles. The van der Waals surface area contributed by atoms with E-state index in [1.807, 2.05) is 0 Å². The van der Waals surface area contributed by atoms with E-state index in [9.17, 15) is 13.5 Å². The molecule has 9 heteroatoms. The molecule has 3 N–H and O–H groups in total. The summed E-state index contributed by atoms with van der Waals surface area (Å²) in [6.07, 6.45) is -0.644. The van der Waals surface area contributed by atoms with Crippen LogP contribution in [0.25, 0.3) is 0 Å². The van der Waals surface area contributed by atoms with Crippen molar-refractivity contribution in [3.63, 3.8) is 0 Å². The number of aliphatic hydroxyl groups excluding tert-OH is 1. The quantitative estimate of drug-likeness (QED) is 0.668. The van der Waals surface area contributed by atoms with Crippen molar-refractivity contribution in [2.75, 3.05) is 30.0 Å². The van der Waals surface area contributed by atoms with E-state index >= 15 is 0 Å². The Morgan fingerprint density at radius 3 is 2.67 bits per heavy atom. The van der Waals surface area contributed by atoms with E-state index in [0.717, 1.165) is 5.75 Å². The predicted octanol–water partition coefficient (Wildman–Crippen LogP) is 1.08. The Labute approximate surface area is 133 Å². The summed E-state index contributed by atoms with van der Waals surface area (Å²) in [7, 11) is -3.60. The summed E-state index contributed by atoms with van der Waals surface area (Å²) in [5.74, 6) is 0.937. The lowest BCUT2D eigenvalue weighted by molar-refractivity contribution is 0.211. The second-order valence-corrected chi connectivity index (χ2v) is 7.43. The molecule has 1 aromatic carbocycles. The van der Waals surface area contributed by atoms with Crippen molar-refractivity contribution in [2.24, 2.45) is 4.99 Å². The zero-order chi connectivity index (χ0) is 15.3. The number of amidine groups is 1. The number of alkyl halides is 1. The molecule has 0 aliphatic carbocycles. The smallest absolute Gasteiger partial charge is 0.263 e. The van der Waals surface area contributed by atoms with Crippen molar-refractivity contribution in [1.29, 1.82) is 0 Å². The summed E-state index contributed by atoms with van der Waals surface area (Å²) >= 11 is 6.88. The van der Waals surface area contributed by atoms with Crippen LogP contribution in [0, 0.1) is 0 Å². The molecular formula is C12H16ClN3O3S2. The van der Waals surface area contributed by atoms with Gasteiger partial charge in [0.1, 0.15) is 0 Å². The zero-order valence-electron chi connectivity index (χ0n) is 11.1. The van der Waals surface area contributed by atoms with Gasteiger partial charge in [-0.15, -0.1) is 11.6 Å². The Hall–Kier alpha value is -0.960. The molecule has 1 aliphatic rings. The van der Waals surface area contributed by atoms with Crippen LogP contribution in [-0.2, 0) is 10.0 Å². The maximum absolute atomic E-state index is 12.1. The predicted molar refractivity (Wildman–Crippen MR) is 86.7 cm³/mol. The topological polar surface area (TPSA) is 90.8 Å². The molecular weight excluding hydrogens is 334 g/mol. The first-order chi connectivity index (χ1) is 10.0. The summed E-state index contributed by atoms with van der Waals surface area (Å²) in [6.45, 7) is 0.940.